The fraction of sp³-hybridized carbons (Fsp3) is 0.167. The maximum atomic E-state index is 14.3. The zero-order chi connectivity index (χ0) is 19.5. The number of rotatable bonds is 6. The second kappa shape index (κ2) is 7.95. The van der Waals surface area contributed by atoms with Crippen LogP contribution in [0.5, 0.6) is 0 Å². The van der Waals surface area contributed by atoms with Gasteiger partial charge in [-0.05, 0) is 54.1 Å². The summed E-state index contributed by atoms with van der Waals surface area (Å²) in [5.41, 5.74) is 11.0. The molecule has 0 amide bonds. The molecule has 1 aromatic heterocycles. The maximum Gasteiger partial charge on any atom is 0.150 e. The first-order valence-corrected chi connectivity index (χ1v) is 9.53. The van der Waals surface area contributed by atoms with Gasteiger partial charge in [-0.15, -0.1) is 0 Å². The van der Waals surface area contributed by atoms with Crippen molar-refractivity contribution in [2.24, 2.45) is 5.73 Å². The molecule has 3 aromatic carbocycles. The van der Waals surface area contributed by atoms with Crippen LogP contribution in [-0.2, 0) is 6.42 Å². The average Bonchev–Trinajstić information content (AvgIpc) is 3.08. The van der Waals surface area contributed by atoms with E-state index in [9.17, 15) is 8.78 Å². The molecule has 0 saturated heterocycles. The molecule has 0 atom stereocenters. The van der Waals surface area contributed by atoms with Crippen molar-refractivity contribution in [2.75, 3.05) is 6.54 Å². The van der Waals surface area contributed by atoms with Gasteiger partial charge in [0.05, 0.1) is 5.52 Å². The number of hydrogen-bond acceptors (Lipinski definition) is 1. The minimum Gasteiger partial charge on any atom is -0.352 e. The van der Waals surface area contributed by atoms with E-state index in [1.54, 1.807) is 0 Å². The normalized spacial score (nSPS) is 11.2. The Balaban J connectivity index is 1.78. The number of halogens is 2. The number of unbranched alkanes of at least 4 members (excludes halogenated alkanes) is 1. The molecular formula is C24H22F2N2. The zero-order valence-electron chi connectivity index (χ0n) is 15.5. The molecule has 0 fully saturated rings. The van der Waals surface area contributed by atoms with E-state index in [0.29, 0.717) is 17.4 Å². The van der Waals surface area contributed by atoms with Gasteiger partial charge in [0.1, 0.15) is 11.6 Å². The SMILES string of the molecule is NCCCCc1c(-c2ccc(-c3ccccc3)cc2)[nH]c2c(F)cc(F)cc12. The Labute approximate surface area is 163 Å². The number of benzene rings is 3. The quantitative estimate of drug-likeness (QED) is 0.395. The Bertz CT molecular complexity index is 1080. The highest BCUT2D eigenvalue weighted by atomic mass is 19.1. The molecule has 0 aliphatic heterocycles. The number of aryl methyl sites for hydroxylation is 1. The number of nitrogens with two attached hydrogens (primary N) is 1. The molecule has 0 bridgehead atoms. The van der Waals surface area contributed by atoms with E-state index in [1.807, 2.05) is 30.3 Å². The van der Waals surface area contributed by atoms with Crippen LogP contribution in [0.3, 0.4) is 0 Å². The highest BCUT2D eigenvalue weighted by molar-refractivity contribution is 5.91. The van der Waals surface area contributed by atoms with E-state index in [4.69, 9.17) is 5.73 Å². The van der Waals surface area contributed by atoms with Gasteiger partial charge in [-0.1, -0.05) is 54.6 Å². The van der Waals surface area contributed by atoms with Crippen molar-refractivity contribution >= 4 is 10.9 Å². The number of hydrogen-bond donors (Lipinski definition) is 2. The third kappa shape index (κ3) is 3.56. The topological polar surface area (TPSA) is 41.8 Å². The lowest BCUT2D eigenvalue weighted by Crippen LogP contribution is -1.99. The van der Waals surface area contributed by atoms with Crippen LogP contribution < -0.4 is 5.73 Å². The molecule has 0 unspecified atom stereocenters. The van der Waals surface area contributed by atoms with Crippen LogP contribution in [0.4, 0.5) is 8.78 Å². The van der Waals surface area contributed by atoms with Crippen molar-refractivity contribution in [3.05, 3.63) is 83.9 Å². The van der Waals surface area contributed by atoms with E-state index in [-0.39, 0.29) is 0 Å². The predicted molar refractivity (Wildman–Crippen MR) is 111 cm³/mol. The molecule has 0 saturated carbocycles. The fourth-order valence-corrected chi connectivity index (χ4v) is 3.69. The molecule has 142 valence electrons. The maximum absolute atomic E-state index is 14.3. The number of aromatic amines is 1. The lowest BCUT2D eigenvalue weighted by Gasteiger charge is -2.07. The standard InChI is InChI=1S/C24H22F2N2/c25-19-14-21-20(8-4-5-13-27)23(28-24(21)22(26)15-19)18-11-9-17(10-12-18)16-6-2-1-3-7-16/h1-3,6-7,9-12,14-15,28H,4-5,8,13,27H2. The summed E-state index contributed by atoms with van der Waals surface area (Å²) in [6.07, 6.45) is 2.46. The molecule has 1 heterocycles. The summed E-state index contributed by atoms with van der Waals surface area (Å²) in [7, 11) is 0. The largest absolute Gasteiger partial charge is 0.352 e. The van der Waals surface area contributed by atoms with Gasteiger partial charge < -0.3 is 10.7 Å². The number of aromatic nitrogens is 1. The number of H-pyrrole nitrogens is 1. The second-order valence-electron chi connectivity index (χ2n) is 6.98. The van der Waals surface area contributed by atoms with E-state index in [0.717, 1.165) is 53.3 Å². The van der Waals surface area contributed by atoms with Gasteiger partial charge in [0, 0.05) is 17.1 Å². The number of nitrogens with one attached hydrogen (secondary N) is 1. The van der Waals surface area contributed by atoms with Crippen LogP contribution in [0.25, 0.3) is 33.3 Å². The van der Waals surface area contributed by atoms with E-state index in [1.165, 1.54) is 6.07 Å². The first-order chi connectivity index (χ1) is 13.7. The summed E-state index contributed by atoms with van der Waals surface area (Å²) in [5, 5.41) is 0.608. The summed E-state index contributed by atoms with van der Waals surface area (Å²) in [5.74, 6) is -1.13. The van der Waals surface area contributed by atoms with Gasteiger partial charge in [0.15, 0.2) is 0 Å². The molecule has 4 aromatic rings. The smallest absolute Gasteiger partial charge is 0.150 e. The summed E-state index contributed by atoms with van der Waals surface area (Å²) in [6, 6.07) is 20.6. The Morgan fingerprint density at radius 3 is 2.18 bits per heavy atom. The van der Waals surface area contributed by atoms with E-state index in [2.05, 4.69) is 29.2 Å². The molecule has 0 spiro atoms. The van der Waals surface area contributed by atoms with Crippen molar-refractivity contribution < 1.29 is 8.78 Å². The Morgan fingerprint density at radius 2 is 1.46 bits per heavy atom. The molecule has 4 rings (SSSR count). The van der Waals surface area contributed by atoms with Crippen LogP contribution in [0, 0.1) is 11.6 Å². The Morgan fingerprint density at radius 1 is 0.786 bits per heavy atom. The van der Waals surface area contributed by atoms with Crippen molar-refractivity contribution in [1.82, 2.24) is 4.98 Å². The summed E-state index contributed by atoms with van der Waals surface area (Å²) in [6.45, 7) is 0.603. The van der Waals surface area contributed by atoms with Crippen LogP contribution in [-0.4, -0.2) is 11.5 Å². The summed E-state index contributed by atoms with van der Waals surface area (Å²) in [4.78, 5) is 3.19. The first kappa shape index (κ1) is 18.4. The number of fused-ring (bicyclic) bond motifs is 1. The van der Waals surface area contributed by atoms with E-state index >= 15 is 0 Å². The third-order valence-electron chi connectivity index (χ3n) is 5.09. The van der Waals surface area contributed by atoms with Gasteiger partial charge in [-0.25, -0.2) is 8.78 Å². The van der Waals surface area contributed by atoms with Crippen molar-refractivity contribution in [1.29, 1.82) is 0 Å². The molecule has 0 aliphatic rings. The summed E-state index contributed by atoms with van der Waals surface area (Å²) >= 11 is 0. The van der Waals surface area contributed by atoms with Crippen molar-refractivity contribution in [3.8, 4) is 22.4 Å². The molecule has 3 N–H and O–H groups in total. The van der Waals surface area contributed by atoms with Crippen molar-refractivity contribution in [2.45, 2.75) is 19.3 Å². The minimum absolute atomic E-state index is 0.353. The van der Waals surface area contributed by atoms with Gasteiger partial charge >= 0.3 is 0 Å². The predicted octanol–water partition coefficient (Wildman–Crippen LogP) is 6.06. The van der Waals surface area contributed by atoms with Crippen molar-refractivity contribution in [3.63, 3.8) is 0 Å². The fourth-order valence-electron chi connectivity index (χ4n) is 3.69. The lowest BCUT2D eigenvalue weighted by atomic mass is 9.98. The third-order valence-corrected chi connectivity index (χ3v) is 5.09. The molecule has 2 nitrogen and oxygen atoms in total. The molecular weight excluding hydrogens is 354 g/mol. The van der Waals surface area contributed by atoms with Gasteiger partial charge in [0.2, 0.25) is 0 Å². The molecule has 0 radical (unpaired) electrons. The first-order valence-electron chi connectivity index (χ1n) is 9.53. The minimum atomic E-state index is -0.567. The van der Waals surface area contributed by atoms with E-state index < -0.39 is 11.6 Å². The van der Waals surface area contributed by atoms with Crippen LogP contribution in [0.2, 0.25) is 0 Å². The zero-order valence-corrected chi connectivity index (χ0v) is 15.5. The summed E-state index contributed by atoms with van der Waals surface area (Å²) < 4.78 is 28.2. The molecule has 0 aliphatic carbocycles. The molecule has 4 heteroatoms. The highest BCUT2D eigenvalue weighted by Crippen LogP contribution is 2.34. The van der Waals surface area contributed by atoms with Crippen LogP contribution >= 0.6 is 0 Å². The van der Waals surface area contributed by atoms with Gasteiger partial charge in [-0.3, -0.25) is 0 Å². The lowest BCUT2D eigenvalue weighted by molar-refractivity contribution is 0.591. The second-order valence-corrected chi connectivity index (χ2v) is 6.98. The Hall–Kier alpha value is -2.98. The highest BCUT2D eigenvalue weighted by Gasteiger charge is 2.17. The van der Waals surface area contributed by atoms with Crippen LogP contribution in [0.15, 0.2) is 66.7 Å². The van der Waals surface area contributed by atoms with Gasteiger partial charge in [-0.2, -0.15) is 0 Å². The van der Waals surface area contributed by atoms with Gasteiger partial charge in [0.25, 0.3) is 0 Å². The average molecular weight is 376 g/mol. The Kier molecular flexibility index (Phi) is 5.22. The molecule has 28 heavy (non-hydrogen) atoms. The van der Waals surface area contributed by atoms with Crippen LogP contribution in [0.1, 0.15) is 18.4 Å². The monoisotopic (exact) mass is 376 g/mol.